The Balaban J connectivity index is 0.00000200. The molecule has 2 rings (SSSR count). The summed E-state index contributed by atoms with van der Waals surface area (Å²) in [5, 5.41) is 4.37. The van der Waals surface area contributed by atoms with E-state index in [1.165, 1.54) is 0 Å². The highest BCUT2D eigenvalue weighted by Gasteiger charge is 2.05. The second kappa shape index (κ2) is 8.38. The lowest BCUT2D eigenvalue weighted by Crippen LogP contribution is -2.07. The fraction of sp³-hybridized carbons (Fsp3) is 0.200. The van der Waals surface area contributed by atoms with E-state index in [1.54, 1.807) is 6.07 Å². The molecule has 0 unspecified atom stereocenters. The van der Waals surface area contributed by atoms with Crippen molar-refractivity contribution >= 4 is 35.6 Å². The van der Waals surface area contributed by atoms with Crippen LogP contribution in [0.5, 0.6) is 5.75 Å². The lowest BCUT2D eigenvalue weighted by atomic mass is 10.2. The number of ether oxygens (including phenoxy) is 1. The Kier molecular flexibility index (Phi) is 7.17. The molecule has 2 aromatic carbocycles. The van der Waals surface area contributed by atoms with Crippen molar-refractivity contribution in [1.82, 2.24) is 5.32 Å². The van der Waals surface area contributed by atoms with Crippen molar-refractivity contribution in [2.75, 3.05) is 7.05 Å². The molecule has 0 aliphatic rings. The zero-order valence-corrected chi connectivity index (χ0v) is 13.4. The number of hydrogen-bond acceptors (Lipinski definition) is 2. The van der Waals surface area contributed by atoms with Crippen LogP contribution < -0.4 is 10.1 Å². The first-order valence-electron chi connectivity index (χ1n) is 6.00. The molecule has 0 radical (unpaired) electrons. The number of para-hydroxylation sites is 1. The third kappa shape index (κ3) is 4.57. The molecule has 0 fully saturated rings. The zero-order chi connectivity index (χ0) is 13.7. The van der Waals surface area contributed by atoms with Gasteiger partial charge in [-0.05, 0) is 25.2 Å². The highest BCUT2D eigenvalue weighted by Crippen LogP contribution is 2.24. The minimum Gasteiger partial charge on any atom is -0.489 e. The predicted molar refractivity (Wildman–Crippen MR) is 87.2 cm³/mol. The summed E-state index contributed by atoms with van der Waals surface area (Å²) < 4.78 is 5.83. The first kappa shape index (κ1) is 17.1. The largest absolute Gasteiger partial charge is 0.489 e. The average Bonchev–Trinajstić information content (AvgIpc) is 2.40. The number of benzene rings is 2. The van der Waals surface area contributed by atoms with Gasteiger partial charge in [0, 0.05) is 27.7 Å². The van der Waals surface area contributed by atoms with Gasteiger partial charge in [0.05, 0.1) is 0 Å². The molecule has 2 aromatic rings. The van der Waals surface area contributed by atoms with Gasteiger partial charge in [-0.3, -0.25) is 0 Å². The SMILES string of the molecule is CNCc1ccccc1OCc1ccc(Cl)cc1Cl.Cl. The third-order valence-electron chi connectivity index (χ3n) is 2.74. The van der Waals surface area contributed by atoms with Crippen molar-refractivity contribution < 1.29 is 4.74 Å². The molecule has 108 valence electrons. The molecule has 0 spiro atoms. The topological polar surface area (TPSA) is 21.3 Å². The molecule has 0 aliphatic carbocycles. The van der Waals surface area contributed by atoms with Crippen molar-refractivity contribution in [2.45, 2.75) is 13.2 Å². The van der Waals surface area contributed by atoms with Crippen LogP contribution in [0.3, 0.4) is 0 Å². The number of rotatable bonds is 5. The molecule has 0 atom stereocenters. The van der Waals surface area contributed by atoms with Crippen molar-refractivity contribution in [3.05, 3.63) is 63.6 Å². The standard InChI is InChI=1S/C15H15Cl2NO.ClH/c1-18-9-11-4-2-3-5-15(11)19-10-12-6-7-13(16)8-14(12)17;/h2-8,18H,9-10H2,1H3;1H. The summed E-state index contributed by atoms with van der Waals surface area (Å²) in [4.78, 5) is 0. The van der Waals surface area contributed by atoms with E-state index in [0.29, 0.717) is 16.7 Å². The Bertz CT molecular complexity index is 561. The molecule has 5 heteroatoms. The fourth-order valence-electron chi connectivity index (χ4n) is 1.78. The van der Waals surface area contributed by atoms with E-state index >= 15 is 0 Å². The van der Waals surface area contributed by atoms with E-state index in [9.17, 15) is 0 Å². The first-order valence-corrected chi connectivity index (χ1v) is 6.75. The van der Waals surface area contributed by atoms with Gasteiger partial charge in [-0.25, -0.2) is 0 Å². The molecule has 20 heavy (non-hydrogen) atoms. The van der Waals surface area contributed by atoms with Gasteiger partial charge >= 0.3 is 0 Å². The van der Waals surface area contributed by atoms with Gasteiger partial charge in [0.25, 0.3) is 0 Å². The van der Waals surface area contributed by atoms with Crippen LogP contribution in [0.1, 0.15) is 11.1 Å². The van der Waals surface area contributed by atoms with Gasteiger partial charge in [0.1, 0.15) is 12.4 Å². The highest BCUT2D eigenvalue weighted by atomic mass is 35.5. The fourth-order valence-corrected chi connectivity index (χ4v) is 2.24. The molecule has 0 amide bonds. The number of hydrogen-bond donors (Lipinski definition) is 1. The summed E-state index contributed by atoms with van der Waals surface area (Å²) in [5.41, 5.74) is 2.04. The molecule has 0 bridgehead atoms. The van der Waals surface area contributed by atoms with E-state index in [-0.39, 0.29) is 12.4 Å². The molecule has 0 heterocycles. The predicted octanol–water partition coefficient (Wildman–Crippen LogP) is 4.71. The second-order valence-corrected chi connectivity index (χ2v) is 5.01. The Labute approximate surface area is 135 Å². The van der Waals surface area contributed by atoms with Crippen molar-refractivity contribution in [3.63, 3.8) is 0 Å². The smallest absolute Gasteiger partial charge is 0.124 e. The van der Waals surface area contributed by atoms with E-state index in [4.69, 9.17) is 27.9 Å². The van der Waals surface area contributed by atoms with Crippen molar-refractivity contribution in [1.29, 1.82) is 0 Å². The van der Waals surface area contributed by atoms with Crippen LogP contribution >= 0.6 is 35.6 Å². The minimum atomic E-state index is 0. The number of nitrogens with one attached hydrogen (secondary N) is 1. The third-order valence-corrected chi connectivity index (χ3v) is 3.33. The number of halogens is 3. The molecular weight excluding hydrogens is 317 g/mol. The van der Waals surface area contributed by atoms with E-state index in [0.717, 1.165) is 23.4 Å². The van der Waals surface area contributed by atoms with E-state index < -0.39 is 0 Å². The lowest BCUT2D eigenvalue weighted by molar-refractivity contribution is 0.302. The molecule has 0 saturated carbocycles. The maximum atomic E-state index is 6.12. The summed E-state index contributed by atoms with van der Waals surface area (Å²) in [5.74, 6) is 0.864. The van der Waals surface area contributed by atoms with Crippen LogP contribution in [0.25, 0.3) is 0 Å². The molecular formula is C15H16Cl3NO. The highest BCUT2D eigenvalue weighted by molar-refractivity contribution is 6.35. The Morgan fingerprint density at radius 3 is 2.50 bits per heavy atom. The van der Waals surface area contributed by atoms with E-state index in [1.807, 2.05) is 43.4 Å². The van der Waals surface area contributed by atoms with Gasteiger partial charge in [-0.15, -0.1) is 12.4 Å². The Hall–Kier alpha value is -0.930. The maximum absolute atomic E-state index is 6.12. The summed E-state index contributed by atoms with van der Waals surface area (Å²) >= 11 is 12.0. The Morgan fingerprint density at radius 2 is 1.80 bits per heavy atom. The van der Waals surface area contributed by atoms with Gasteiger partial charge in [-0.1, -0.05) is 47.5 Å². The monoisotopic (exact) mass is 331 g/mol. The Morgan fingerprint density at radius 1 is 1.05 bits per heavy atom. The van der Waals surface area contributed by atoms with Gasteiger partial charge < -0.3 is 10.1 Å². The summed E-state index contributed by atoms with van der Waals surface area (Å²) in [6, 6.07) is 13.4. The van der Waals surface area contributed by atoms with Crippen LogP contribution in [0, 0.1) is 0 Å². The lowest BCUT2D eigenvalue weighted by Gasteiger charge is -2.12. The summed E-state index contributed by atoms with van der Waals surface area (Å²) in [6.45, 7) is 1.20. The molecule has 0 saturated heterocycles. The summed E-state index contributed by atoms with van der Waals surface area (Å²) in [7, 11) is 1.91. The van der Waals surface area contributed by atoms with Crippen molar-refractivity contribution in [2.24, 2.45) is 0 Å². The van der Waals surface area contributed by atoms with Crippen LogP contribution in [0.4, 0.5) is 0 Å². The minimum absolute atomic E-state index is 0. The normalized spacial score (nSPS) is 9.95. The van der Waals surface area contributed by atoms with Gasteiger partial charge in [0.15, 0.2) is 0 Å². The molecule has 2 nitrogen and oxygen atoms in total. The van der Waals surface area contributed by atoms with Crippen LogP contribution in [0.15, 0.2) is 42.5 Å². The quantitative estimate of drug-likeness (QED) is 0.856. The maximum Gasteiger partial charge on any atom is 0.124 e. The van der Waals surface area contributed by atoms with E-state index in [2.05, 4.69) is 5.32 Å². The van der Waals surface area contributed by atoms with Gasteiger partial charge in [-0.2, -0.15) is 0 Å². The van der Waals surface area contributed by atoms with Gasteiger partial charge in [0.2, 0.25) is 0 Å². The average molecular weight is 333 g/mol. The van der Waals surface area contributed by atoms with Crippen LogP contribution in [-0.4, -0.2) is 7.05 Å². The molecule has 0 aromatic heterocycles. The first-order chi connectivity index (χ1) is 9.20. The van der Waals surface area contributed by atoms with Crippen molar-refractivity contribution in [3.8, 4) is 5.75 Å². The van der Waals surface area contributed by atoms with Crippen LogP contribution in [0.2, 0.25) is 10.0 Å². The summed E-state index contributed by atoms with van der Waals surface area (Å²) in [6.07, 6.45) is 0. The molecule has 1 N–H and O–H groups in total. The second-order valence-electron chi connectivity index (χ2n) is 4.16. The zero-order valence-electron chi connectivity index (χ0n) is 11.0. The van der Waals surface area contributed by atoms with Crippen LogP contribution in [-0.2, 0) is 13.2 Å². The molecule has 0 aliphatic heterocycles.